The lowest BCUT2D eigenvalue weighted by Gasteiger charge is -2.15. The number of nitrogens with two attached hydrogens (primary N) is 1. The number of rotatable bonds is 7. The summed E-state index contributed by atoms with van der Waals surface area (Å²) in [5, 5.41) is 0. The Morgan fingerprint density at radius 1 is 1.12 bits per heavy atom. The molecule has 2 rings (SSSR count). The van der Waals surface area contributed by atoms with Gasteiger partial charge < -0.3 is 15.4 Å². The number of hydrogen-bond donors (Lipinski definition) is 1. The molecule has 24 heavy (non-hydrogen) atoms. The van der Waals surface area contributed by atoms with Crippen molar-refractivity contribution in [3.63, 3.8) is 0 Å². The van der Waals surface area contributed by atoms with Crippen molar-refractivity contribution in [1.82, 2.24) is 4.90 Å². The number of amides is 1. The van der Waals surface area contributed by atoms with Crippen molar-refractivity contribution in [2.24, 2.45) is 0 Å². The van der Waals surface area contributed by atoms with Gasteiger partial charge in [0.15, 0.2) is 0 Å². The van der Waals surface area contributed by atoms with Gasteiger partial charge in [0.25, 0.3) is 0 Å². The van der Waals surface area contributed by atoms with Crippen LogP contribution in [0.4, 0.5) is 5.69 Å². The summed E-state index contributed by atoms with van der Waals surface area (Å²) in [4.78, 5) is 13.7. The molecule has 0 aromatic heterocycles. The zero-order valence-corrected chi connectivity index (χ0v) is 14.2. The maximum Gasteiger partial charge on any atom is 0.246 e. The molecule has 0 radical (unpaired) electrons. The summed E-state index contributed by atoms with van der Waals surface area (Å²) in [6.45, 7) is 5.81. The molecule has 0 fully saturated rings. The first-order valence-corrected chi connectivity index (χ1v) is 8.17. The first kappa shape index (κ1) is 17.6. The largest absolute Gasteiger partial charge is 0.487 e. The molecule has 1 amide bonds. The van der Waals surface area contributed by atoms with Gasteiger partial charge in [-0.2, -0.15) is 0 Å². The smallest absolute Gasteiger partial charge is 0.246 e. The third-order valence-corrected chi connectivity index (χ3v) is 3.76. The number of hydrogen-bond acceptors (Lipinski definition) is 3. The quantitative estimate of drug-likeness (QED) is 0.624. The van der Waals surface area contributed by atoms with Crippen molar-refractivity contribution >= 4 is 17.7 Å². The van der Waals surface area contributed by atoms with Crippen LogP contribution >= 0.6 is 0 Å². The lowest BCUT2D eigenvalue weighted by atomic mass is 10.1. The molecule has 0 aliphatic rings. The Balaban J connectivity index is 2.00. The minimum atomic E-state index is 0.00276. The summed E-state index contributed by atoms with van der Waals surface area (Å²) in [7, 11) is 0. The van der Waals surface area contributed by atoms with E-state index in [1.165, 1.54) is 0 Å². The summed E-state index contributed by atoms with van der Waals surface area (Å²) in [5.74, 6) is 0.647. The van der Waals surface area contributed by atoms with Crippen LogP contribution < -0.4 is 10.5 Å². The Morgan fingerprint density at radius 2 is 1.83 bits per heavy atom. The van der Waals surface area contributed by atoms with Crippen molar-refractivity contribution in [3.05, 3.63) is 65.7 Å². The third-order valence-electron chi connectivity index (χ3n) is 3.76. The lowest BCUT2D eigenvalue weighted by molar-refractivity contribution is -0.125. The van der Waals surface area contributed by atoms with Crippen LogP contribution in [0, 0.1) is 0 Å². The van der Waals surface area contributed by atoms with Gasteiger partial charge in [-0.15, -0.1) is 0 Å². The molecule has 4 nitrogen and oxygen atoms in total. The highest BCUT2D eigenvalue weighted by molar-refractivity contribution is 5.91. The second-order valence-corrected chi connectivity index (χ2v) is 5.42. The SMILES string of the molecule is CCN(CC)C(=O)/C=C\c1ccc(OCc2ccccc2)c(N)c1. The fraction of sp³-hybridized carbons (Fsp3) is 0.250. The number of ether oxygens (including phenoxy) is 1. The van der Waals surface area contributed by atoms with E-state index in [0.717, 1.165) is 11.1 Å². The molecule has 0 unspecified atom stereocenters. The first-order valence-electron chi connectivity index (χ1n) is 8.17. The van der Waals surface area contributed by atoms with Gasteiger partial charge >= 0.3 is 0 Å². The number of likely N-dealkylation sites (N-methyl/N-ethyl adjacent to an activating group) is 1. The van der Waals surface area contributed by atoms with Crippen LogP contribution in [0.25, 0.3) is 6.08 Å². The molecule has 2 aromatic carbocycles. The molecule has 0 saturated heterocycles. The van der Waals surface area contributed by atoms with Crippen LogP contribution in [0.1, 0.15) is 25.0 Å². The number of nitrogen functional groups attached to an aromatic ring is 1. The summed E-state index contributed by atoms with van der Waals surface area (Å²) in [6, 6.07) is 15.5. The highest BCUT2D eigenvalue weighted by atomic mass is 16.5. The Morgan fingerprint density at radius 3 is 2.46 bits per heavy atom. The molecule has 0 saturated carbocycles. The maximum absolute atomic E-state index is 12.0. The fourth-order valence-electron chi connectivity index (χ4n) is 2.35. The molecule has 2 aromatic rings. The molecular formula is C20H24N2O2. The standard InChI is InChI=1S/C20H24N2O2/c1-3-22(4-2)20(23)13-11-16-10-12-19(18(21)14-16)24-15-17-8-6-5-7-9-17/h5-14H,3-4,15,21H2,1-2H3/b13-11-. The van der Waals surface area contributed by atoms with Crippen LogP contribution in [0.3, 0.4) is 0 Å². The van der Waals surface area contributed by atoms with E-state index in [0.29, 0.717) is 31.1 Å². The predicted molar refractivity (Wildman–Crippen MR) is 98.6 cm³/mol. The zero-order chi connectivity index (χ0) is 17.4. The van der Waals surface area contributed by atoms with Crippen molar-refractivity contribution in [2.45, 2.75) is 20.5 Å². The molecule has 0 bridgehead atoms. The number of carbonyl (C=O) groups is 1. The van der Waals surface area contributed by atoms with Gasteiger partial charge in [0, 0.05) is 19.2 Å². The van der Waals surface area contributed by atoms with Gasteiger partial charge in [-0.25, -0.2) is 0 Å². The van der Waals surface area contributed by atoms with E-state index in [9.17, 15) is 4.79 Å². The third kappa shape index (κ3) is 4.88. The zero-order valence-electron chi connectivity index (χ0n) is 14.2. The molecule has 0 atom stereocenters. The van der Waals surface area contributed by atoms with E-state index in [4.69, 9.17) is 10.5 Å². The normalized spacial score (nSPS) is 10.8. The van der Waals surface area contributed by atoms with Crippen molar-refractivity contribution < 1.29 is 9.53 Å². The first-order chi connectivity index (χ1) is 11.6. The average molecular weight is 324 g/mol. The van der Waals surface area contributed by atoms with E-state index in [1.807, 2.05) is 62.4 Å². The molecule has 0 aliphatic heterocycles. The van der Waals surface area contributed by atoms with E-state index in [-0.39, 0.29) is 5.91 Å². The molecule has 0 aliphatic carbocycles. The van der Waals surface area contributed by atoms with Crippen molar-refractivity contribution in [3.8, 4) is 5.75 Å². The van der Waals surface area contributed by atoms with E-state index >= 15 is 0 Å². The number of carbonyl (C=O) groups excluding carboxylic acids is 1. The van der Waals surface area contributed by atoms with Gasteiger partial charge in [-0.1, -0.05) is 36.4 Å². The highest BCUT2D eigenvalue weighted by Crippen LogP contribution is 2.24. The molecular weight excluding hydrogens is 300 g/mol. The topological polar surface area (TPSA) is 55.6 Å². The molecule has 2 N–H and O–H groups in total. The summed E-state index contributed by atoms with van der Waals surface area (Å²) in [6.07, 6.45) is 3.35. The fourth-order valence-corrected chi connectivity index (χ4v) is 2.35. The number of benzene rings is 2. The van der Waals surface area contributed by atoms with Crippen LogP contribution in [-0.4, -0.2) is 23.9 Å². The summed E-state index contributed by atoms with van der Waals surface area (Å²) >= 11 is 0. The van der Waals surface area contributed by atoms with Crippen molar-refractivity contribution in [2.75, 3.05) is 18.8 Å². The van der Waals surface area contributed by atoms with Crippen LogP contribution in [-0.2, 0) is 11.4 Å². The van der Waals surface area contributed by atoms with Gasteiger partial charge in [0.2, 0.25) is 5.91 Å². The number of anilines is 1. The molecule has 126 valence electrons. The van der Waals surface area contributed by atoms with E-state index in [2.05, 4.69) is 0 Å². The van der Waals surface area contributed by atoms with Gasteiger partial charge in [0.1, 0.15) is 12.4 Å². The van der Waals surface area contributed by atoms with E-state index in [1.54, 1.807) is 17.1 Å². The predicted octanol–water partition coefficient (Wildman–Crippen LogP) is 3.73. The second-order valence-electron chi connectivity index (χ2n) is 5.42. The Hall–Kier alpha value is -2.75. The maximum atomic E-state index is 12.0. The number of nitrogens with zero attached hydrogens (tertiary/aromatic N) is 1. The molecule has 4 heteroatoms. The second kappa shape index (κ2) is 8.77. The van der Waals surface area contributed by atoms with Crippen LogP contribution in [0.2, 0.25) is 0 Å². The monoisotopic (exact) mass is 324 g/mol. The Kier molecular flexibility index (Phi) is 6.43. The van der Waals surface area contributed by atoms with Gasteiger partial charge in [0.05, 0.1) is 5.69 Å². The summed E-state index contributed by atoms with van der Waals surface area (Å²) < 4.78 is 5.75. The average Bonchev–Trinajstić information content (AvgIpc) is 2.61. The summed E-state index contributed by atoms with van der Waals surface area (Å²) in [5.41, 5.74) is 8.57. The minimum Gasteiger partial charge on any atom is -0.487 e. The molecule has 0 spiro atoms. The van der Waals surface area contributed by atoms with Crippen molar-refractivity contribution in [1.29, 1.82) is 0 Å². The van der Waals surface area contributed by atoms with E-state index < -0.39 is 0 Å². The minimum absolute atomic E-state index is 0.00276. The van der Waals surface area contributed by atoms with Crippen LogP contribution in [0.5, 0.6) is 5.75 Å². The van der Waals surface area contributed by atoms with Gasteiger partial charge in [-0.05, 0) is 43.2 Å². The Labute approximate surface area is 143 Å². The van der Waals surface area contributed by atoms with Gasteiger partial charge in [-0.3, -0.25) is 4.79 Å². The molecule has 0 heterocycles. The lowest BCUT2D eigenvalue weighted by Crippen LogP contribution is -2.28. The Bertz CT molecular complexity index is 692. The highest BCUT2D eigenvalue weighted by Gasteiger charge is 2.05. The van der Waals surface area contributed by atoms with Crippen LogP contribution in [0.15, 0.2) is 54.6 Å².